The van der Waals surface area contributed by atoms with Crippen molar-refractivity contribution in [3.63, 3.8) is 0 Å². The van der Waals surface area contributed by atoms with Crippen LogP contribution in [0.1, 0.15) is 31.2 Å². The molecule has 7 nitrogen and oxygen atoms in total. The Balaban J connectivity index is 1.60. The molecule has 1 amide bonds. The van der Waals surface area contributed by atoms with Gasteiger partial charge < -0.3 is 19.3 Å². The molecular weight excluding hydrogens is 450 g/mol. The average Bonchev–Trinajstić information content (AvgIpc) is 3.19. The van der Waals surface area contributed by atoms with Gasteiger partial charge in [-0.15, -0.1) is 0 Å². The molecule has 0 aliphatic carbocycles. The van der Waals surface area contributed by atoms with Crippen LogP contribution in [-0.2, 0) is 11.2 Å². The van der Waals surface area contributed by atoms with Crippen molar-refractivity contribution >= 4 is 27.5 Å². The molecular formula is C22H24BrN3O4. The smallest absolute Gasteiger partial charge is 0.226 e. The Bertz CT molecular complexity index is 1020. The molecule has 1 aromatic heterocycles. The molecule has 0 unspecified atom stereocenters. The van der Waals surface area contributed by atoms with E-state index in [4.69, 9.17) is 14.0 Å². The van der Waals surface area contributed by atoms with E-state index in [9.17, 15) is 4.79 Å². The lowest BCUT2D eigenvalue weighted by atomic mass is 10.2. The van der Waals surface area contributed by atoms with Gasteiger partial charge in [0, 0.05) is 24.1 Å². The number of aryl methyl sites for hydroxylation is 2. The van der Waals surface area contributed by atoms with E-state index in [1.54, 1.807) is 7.11 Å². The number of nitrogens with zero attached hydrogens (tertiary/aromatic N) is 2. The number of rotatable bonds is 9. The predicted octanol–water partition coefficient (Wildman–Crippen LogP) is 5.18. The first kappa shape index (κ1) is 21.8. The fourth-order valence-corrected chi connectivity index (χ4v) is 3.56. The first-order valence-electron chi connectivity index (χ1n) is 9.70. The third-order valence-corrected chi connectivity index (χ3v) is 5.04. The van der Waals surface area contributed by atoms with Crippen molar-refractivity contribution < 1.29 is 18.8 Å². The van der Waals surface area contributed by atoms with Crippen LogP contribution in [0, 0.1) is 6.92 Å². The van der Waals surface area contributed by atoms with Crippen LogP contribution in [0.3, 0.4) is 0 Å². The number of hydrogen-bond donors (Lipinski definition) is 1. The van der Waals surface area contributed by atoms with E-state index >= 15 is 0 Å². The van der Waals surface area contributed by atoms with Gasteiger partial charge >= 0.3 is 0 Å². The highest BCUT2D eigenvalue weighted by molar-refractivity contribution is 9.10. The van der Waals surface area contributed by atoms with Crippen molar-refractivity contribution in [3.8, 4) is 22.9 Å². The fourth-order valence-electron chi connectivity index (χ4n) is 2.96. The van der Waals surface area contributed by atoms with E-state index in [0.717, 1.165) is 21.3 Å². The number of nitrogens with one attached hydrogen (secondary N) is 1. The minimum Gasteiger partial charge on any atom is -0.492 e. The zero-order valence-electron chi connectivity index (χ0n) is 17.2. The summed E-state index contributed by atoms with van der Waals surface area (Å²) in [4.78, 5) is 16.6. The van der Waals surface area contributed by atoms with Gasteiger partial charge in [0.15, 0.2) is 11.5 Å². The second kappa shape index (κ2) is 10.2. The summed E-state index contributed by atoms with van der Waals surface area (Å²) in [5.41, 5.74) is 2.61. The summed E-state index contributed by atoms with van der Waals surface area (Å²) >= 11 is 3.49. The van der Waals surface area contributed by atoms with Crippen molar-refractivity contribution in [2.45, 2.75) is 33.1 Å². The third-order valence-electron chi connectivity index (χ3n) is 4.45. The van der Waals surface area contributed by atoms with Crippen LogP contribution in [0.15, 0.2) is 45.4 Å². The summed E-state index contributed by atoms with van der Waals surface area (Å²) < 4.78 is 17.1. The summed E-state index contributed by atoms with van der Waals surface area (Å²) in [5, 5.41) is 6.98. The maximum Gasteiger partial charge on any atom is 0.226 e. The van der Waals surface area contributed by atoms with Crippen molar-refractivity contribution in [2.24, 2.45) is 0 Å². The topological polar surface area (TPSA) is 86.5 Å². The first-order valence-corrected chi connectivity index (χ1v) is 10.5. The Kier molecular flexibility index (Phi) is 7.46. The number of carbonyl (C=O) groups is 1. The number of amides is 1. The molecule has 0 spiro atoms. The summed E-state index contributed by atoms with van der Waals surface area (Å²) in [7, 11) is 1.59. The van der Waals surface area contributed by atoms with Crippen molar-refractivity contribution in [3.05, 3.63) is 52.3 Å². The molecule has 3 rings (SSSR count). The average molecular weight is 474 g/mol. The van der Waals surface area contributed by atoms with Crippen LogP contribution in [0.5, 0.6) is 11.5 Å². The molecule has 0 radical (unpaired) electrons. The number of anilines is 1. The minimum absolute atomic E-state index is 0.0375. The number of halogens is 1. The van der Waals surface area contributed by atoms with Crippen molar-refractivity contribution in [1.29, 1.82) is 0 Å². The number of aromatic nitrogens is 2. The summed E-state index contributed by atoms with van der Waals surface area (Å²) in [6.07, 6.45) is 1.49. The molecule has 1 N–H and O–H groups in total. The van der Waals surface area contributed by atoms with E-state index in [2.05, 4.69) is 31.4 Å². The van der Waals surface area contributed by atoms with E-state index in [1.165, 1.54) is 0 Å². The fraction of sp³-hybridized carbons (Fsp3) is 0.318. The number of ether oxygens (including phenoxy) is 2. The molecule has 0 atom stereocenters. The van der Waals surface area contributed by atoms with Gasteiger partial charge in [0.05, 0.1) is 18.2 Å². The third kappa shape index (κ3) is 5.38. The largest absolute Gasteiger partial charge is 0.492 e. The van der Waals surface area contributed by atoms with Gasteiger partial charge in [-0.1, -0.05) is 23.4 Å². The molecule has 0 aliphatic heterocycles. The lowest BCUT2D eigenvalue weighted by molar-refractivity contribution is -0.116. The van der Waals surface area contributed by atoms with E-state index < -0.39 is 0 Å². The van der Waals surface area contributed by atoms with E-state index in [-0.39, 0.29) is 5.91 Å². The zero-order valence-corrected chi connectivity index (χ0v) is 18.8. The Labute approximate surface area is 183 Å². The van der Waals surface area contributed by atoms with Gasteiger partial charge in [-0.05, 0) is 60.0 Å². The van der Waals surface area contributed by atoms with Crippen molar-refractivity contribution in [1.82, 2.24) is 10.1 Å². The lowest BCUT2D eigenvalue weighted by Crippen LogP contribution is -2.12. The van der Waals surface area contributed by atoms with Crippen LogP contribution < -0.4 is 14.8 Å². The van der Waals surface area contributed by atoms with Gasteiger partial charge in [-0.3, -0.25) is 4.79 Å². The molecule has 158 valence electrons. The van der Waals surface area contributed by atoms with Crippen molar-refractivity contribution in [2.75, 3.05) is 19.0 Å². The summed E-state index contributed by atoms with van der Waals surface area (Å²) in [6.45, 7) is 4.38. The quantitative estimate of drug-likeness (QED) is 0.460. The predicted molar refractivity (Wildman–Crippen MR) is 118 cm³/mol. The maximum atomic E-state index is 12.2. The van der Waals surface area contributed by atoms with Crippen LogP contribution in [0.4, 0.5) is 5.69 Å². The molecule has 2 aromatic carbocycles. The summed E-state index contributed by atoms with van der Waals surface area (Å²) in [6, 6.07) is 11.4. The second-order valence-electron chi connectivity index (χ2n) is 6.65. The lowest BCUT2D eigenvalue weighted by Gasteiger charge is -2.12. The highest BCUT2D eigenvalue weighted by Crippen LogP contribution is 2.39. The molecule has 0 saturated carbocycles. The highest BCUT2D eigenvalue weighted by Gasteiger charge is 2.16. The van der Waals surface area contributed by atoms with Gasteiger partial charge in [0.2, 0.25) is 17.6 Å². The molecule has 0 aliphatic rings. The van der Waals surface area contributed by atoms with Crippen LogP contribution >= 0.6 is 15.9 Å². The van der Waals surface area contributed by atoms with E-state index in [0.29, 0.717) is 49.1 Å². The molecule has 0 saturated heterocycles. The number of hydrogen-bond acceptors (Lipinski definition) is 6. The molecule has 0 bridgehead atoms. The van der Waals surface area contributed by atoms with Gasteiger partial charge in [0.25, 0.3) is 0 Å². The monoisotopic (exact) mass is 473 g/mol. The standard InChI is InChI=1S/C22H24BrN3O4/c1-4-29-18-13-15(12-16(23)21(18)28-3)22-25-20(30-26-22)11-7-10-19(27)24-17-9-6-5-8-14(17)2/h5-6,8-9,12-13H,4,7,10-11H2,1-3H3,(H,24,27). The second-order valence-corrected chi connectivity index (χ2v) is 7.51. The SMILES string of the molecule is CCOc1cc(-c2noc(CCCC(=O)Nc3ccccc3C)n2)cc(Br)c1OC. The molecule has 30 heavy (non-hydrogen) atoms. The molecule has 8 heteroatoms. The highest BCUT2D eigenvalue weighted by atomic mass is 79.9. The Morgan fingerprint density at radius 2 is 2.07 bits per heavy atom. The van der Waals surface area contributed by atoms with E-state index in [1.807, 2.05) is 50.2 Å². The van der Waals surface area contributed by atoms with Gasteiger partial charge in [0.1, 0.15) is 0 Å². The zero-order chi connectivity index (χ0) is 21.5. The molecule has 1 heterocycles. The molecule has 3 aromatic rings. The Morgan fingerprint density at radius 3 is 2.80 bits per heavy atom. The minimum atomic E-state index is -0.0375. The summed E-state index contributed by atoms with van der Waals surface area (Å²) in [5.74, 6) is 2.12. The Morgan fingerprint density at radius 1 is 1.27 bits per heavy atom. The molecule has 0 fully saturated rings. The van der Waals surface area contributed by atoms with Crippen LogP contribution in [-0.4, -0.2) is 29.8 Å². The van der Waals surface area contributed by atoms with Crippen LogP contribution in [0.2, 0.25) is 0 Å². The van der Waals surface area contributed by atoms with Gasteiger partial charge in [-0.2, -0.15) is 4.98 Å². The number of benzene rings is 2. The van der Waals surface area contributed by atoms with Crippen LogP contribution in [0.25, 0.3) is 11.4 Å². The number of para-hydroxylation sites is 1. The first-order chi connectivity index (χ1) is 14.5. The maximum absolute atomic E-state index is 12.2. The Hall–Kier alpha value is -2.87. The number of carbonyl (C=O) groups excluding carboxylic acids is 1. The van der Waals surface area contributed by atoms with Gasteiger partial charge in [-0.25, -0.2) is 0 Å². The normalized spacial score (nSPS) is 10.7. The number of methoxy groups -OCH3 is 1.